The van der Waals surface area contributed by atoms with Gasteiger partial charge in [-0.25, -0.2) is 9.37 Å². The molecule has 3 aromatic rings. The van der Waals surface area contributed by atoms with Crippen LogP contribution in [0.3, 0.4) is 0 Å². The van der Waals surface area contributed by atoms with E-state index in [1.54, 1.807) is 0 Å². The smallest absolute Gasteiger partial charge is 0.481 e. The van der Waals surface area contributed by atoms with Gasteiger partial charge >= 0.3 is 12.3 Å². The number of alkyl halides is 3. The number of aryl methyl sites for hydroxylation is 1. The zero-order chi connectivity index (χ0) is 26.5. The maximum atomic E-state index is 15.2. The monoisotopic (exact) mass is 520 g/mol. The number of nitrogens with two attached hydrogens (primary N) is 1. The van der Waals surface area contributed by atoms with E-state index in [-0.39, 0.29) is 30.3 Å². The summed E-state index contributed by atoms with van der Waals surface area (Å²) < 4.78 is 56.4. The molecule has 5 rings (SSSR count). The van der Waals surface area contributed by atoms with Gasteiger partial charge in [0.1, 0.15) is 17.2 Å². The maximum absolute atomic E-state index is 15.2. The molecule has 196 valence electrons. The lowest BCUT2D eigenvalue weighted by Gasteiger charge is -2.33. The van der Waals surface area contributed by atoms with Crippen molar-refractivity contribution in [3.05, 3.63) is 52.6 Å². The summed E-state index contributed by atoms with van der Waals surface area (Å²) in [7, 11) is 0. The summed E-state index contributed by atoms with van der Waals surface area (Å²) in [4.78, 5) is 33.6. The third-order valence-corrected chi connectivity index (χ3v) is 7.23. The first-order valence-electron chi connectivity index (χ1n) is 11.9. The summed E-state index contributed by atoms with van der Waals surface area (Å²) >= 11 is 0. The summed E-state index contributed by atoms with van der Waals surface area (Å²) in [6, 6.07) is 3.18. The predicted molar refractivity (Wildman–Crippen MR) is 125 cm³/mol. The summed E-state index contributed by atoms with van der Waals surface area (Å²) in [5.41, 5.74) is 8.45. The van der Waals surface area contributed by atoms with E-state index in [1.807, 2.05) is 0 Å². The number of carboxylic acid groups (broad SMARTS) is 1. The number of piperidine rings is 1. The number of nitrogens with zero attached hydrogens (tertiary/aromatic N) is 2. The molecule has 37 heavy (non-hydrogen) atoms. The first-order chi connectivity index (χ1) is 17.5. The number of anilines is 1. The fraction of sp³-hybridized carbons (Fsp3) is 0.400. The second kappa shape index (κ2) is 9.24. The molecular weight excluding hydrogens is 496 g/mol. The Hall–Kier alpha value is -3.83. The Morgan fingerprint density at radius 1 is 1.19 bits per heavy atom. The Morgan fingerprint density at radius 3 is 2.57 bits per heavy atom. The summed E-state index contributed by atoms with van der Waals surface area (Å²) in [6.07, 6.45) is -1.48. The summed E-state index contributed by atoms with van der Waals surface area (Å²) in [5.74, 6) is -3.06. The number of fused-ring (bicyclic) bond motifs is 3. The molecule has 4 N–H and O–H groups in total. The number of carbonyl (C=O) groups excluding carboxylic acids is 1. The minimum Gasteiger partial charge on any atom is -0.481 e. The number of halogens is 4. The van der Waals surface area contributed by atoms with E-state index >= 15 is 4.39 Å². The maximum Gasteiger partial charge on any atom is 0.573 e. The van der Waals surface area contributed by atoms with Gasteiger partial charge in [0.25, 0.3) is 5.91 Å². The lowest BCUT2D eigenvalue weighted by Crippen LogP contribution is -2.38. The number of likely N-dealkylation sites (tertiary alicyclic amines) is 1. The average Bonchev–Trinajstić information content (AvgIpc) is 3.21. The number of H-pyrrole nitrogens is 1. The molecule has 1 aliphatic heterocycles. The fourth-order valence-electron chi connectivity index (χ4n) is 5.46. The number of aromatic nitrogens is 2. The van der Waals surface area contributed by atoms with Crippen molar-refractivity contribution in [3.63, 3.8) is 0 Å². The molecule has 8 nitrogen and oxygen atoms in total. The number of aromatic amines is 1. The summed E-state index contributed by atoms with van der Waals surface area (Å²) in [5, 5.41) is 10.1. The van der Waals surface area contributed by atoms with Crippen molar-refractivity contribution in [3.8, 4) is 5.75 Å². The van der Waals surface area contributed by atoms with Crippen molar-refractivity contribution in [2.45, 2.75) is 44.4 Å². The van der Waals surface area contributed by atoms with Gasteiger partial charge in [0.15, 0.2) is 0 Å². The quantitative estimate of drug-likeness (QED) is 0.347. The van der Waals surface area contributed by atoms with Crippen LogP contribution in [0, 0.1) is 11.7 Å². The topological polar surface area (TPSA) is 122 Å². The van der Waals surface area contributed by atoms with Crippen LogP contribution in [0.25, 0.3) is 11.0 Å². The number of carboxylic acids is 1. The van der Waals surface area contributed by atoms with E-state index in [4.69, 9.17) is 5.73 Å². The largest absolute Gasteiger partial charge is 0.573 e. The van der Waals surface area contributed by atoms with Crippen LogP contribution < -0.4 is 10.5 Å². The van der Waals surface area contributed by atoms with Crippen molar-refractivity contribution >= 4 is 28.6 Å². The van der Waals surface area contributed by atoms with Crippen LogP contribution in [0.5, 0.6) is 5.75 Å². The predicted octanol–water partition coefficient (Wildman–Crippen LogP) is 4.39. The molecule has 1 aromatic carbocycles. The molecule has 0 spiro atoms. The molecule has 1 aliphatic carbocycles. The van der Waals surface area contributed by atoms with Gasteiger partial charge in [0.05, 0.1) is 17.7 Å². The standard InChI is InChI=1S/C25H24F4N4O4/c26-17-11-31-22-21(16-9-13(24(35)36)1-4-19(16)32-22)20(17)12-5-7-33(8-6-12)23(34)15-3-2-14(10-18(15)30)37-25(27,28)29/h2-3,10-13H,1,4-9,30H2,(H,31,32)(H,35,36)/t13-/m0/s1. The number of rotatable bonds is 4. The highest BCUT2D eigenvalue weighted by molar-refractivity contribution is 5.99. The van der Waals surface area contributed by atoms with Crippen LogP contribution in [-0.4, -0.2) is 51.3 Å². The molecule has 2 aliphatic rings. The molecule has 1 saturated heterocycles. The van der Waals surface area contributed by atoms with Crippen molar-refractivity contribution < 1.29 is 37.0 Å². The van der Waals surface area contributed by atoms with Crippen LogP contribution in [0.15, 0.2) is 24.4 Å². The molecule has 12 heteroatoms. The number of benzene rings is 1. The lowest BCUT2D eigenvalue weighted by molar-refractivity contribution is -0.274. The number of ether oxygens (including phenoxy) is 1. The first-order valence-corrected chi connectivity index (χ1v) is 11.9. The fourth-order valence-corrected chi connectivity index (χ4v) is 5.46. The molecule has 0 unspecified atom stereocenters. The Morgan fingerprint density at radius 2 is 1.92 bits per heavy atom. The zero-order valence-corrected chi connectivity index (χ0v) is 19.6. The van der Waals surface area contributed by atoms with Crippen LogP contribution in [-0.2, 0) is 17.6 Å². The third-order valence-electron chi connectivity index (χ3n) is 7.23. The molecule has 3 heterocycles. The Labute approximate surface area is 208 Å². The normalized spacial score (nSPS) is 18.6. The Bertz CT molecular complexity index is 1380. The van der Waals surface area contributed by atoms with E-state index in [2.05, 4.69) is 14.7 Å². The SMILES string of the molecule is Nc1cc(OC(F)(F)F)ccc1C(=O)N1CCC(c2c(F)cnc3[nH]c4c(c23)C[C@@H](C(=O)O)CC4)CC1. The number of aliphatic carboxylic acids is 1. The van der Waals surface area contributed by atoms with Gasteiger partial charge in [0, 0.05) is 41.5 Å². The van der Waals surface area contributed by atoms with Crippen LogP contribution in [0.4, 0.5) is 23.2 Å². The number of amides is 1. The van der Waals surface area contributed by atoms with Gasteiger partial charge in [-0.15, -0.1) is 13.2 Å². The average molecular weight is 520 g/mol. The van der Waals surface area contributed by atoms with Crippen LogP contribution in [0.1, 0.15) is 52.4 Å². The summed E-state index contributed by atoms with van der Waals surface area (Å²) in [6.45, 7) is 0.578. The van der Waals surface area contributed by atoms with Gasteiger partial charge in [-0.1, -0.05) is 0 Å². The Balaban J connectivity index is 1.35. The second-order valence-corrected chi connectivity index (χ2v) is 9.47. The number of hydrogen-bond donors (Lipinski definition) is 3. The molecule has 1 atom stereocenters. The highest BCUT2D eigenvalue weighted by Crippen LogP contribution is 2.40. The van der Waals surface area contributed by atoms with E-state index in [9.17, 15) is 27.9 Å². The molecule has 2 aromatic heterocycles. The molecular formula is C25H24F4N4O4. The zero-order valence-electron chi connectivity index (χ0n) is 19.6. The highest BCUT2D eigenvalue weighted by Gasteiger charge is 2.34. The third kappa shape index (κ3) is 4.79. The van der Waals surface area contributed by atoms with Gasteiger partial charge < -0.3 is 25.5 Å². The van der Waals surface area contributed by atoms with Gasteiger partial charge in [0.2, 0.25) is 0 Å². The minimum absolute atomic E-state index is 0.0601. The first kappa shape index (κ1) is 24.8. The van der Waals surface area contributed by atoms with Gasteiger partial charge in [-0.2, -0.15) is 0 Å². The van der Waals surface area contributed by atoms with E-state index in [0.29, 0.717) is 48.7 Å². The van der Waals surface area contributed by atoms with Crippen LogP contribution in [0.2, 0.25) is 0 Å². The number of carbonyl (C=O) groups is 2. The van der Waals surface area contributed by atoms with E-state index < -0.39 is 35.7 Å². The molecule has 0 saturated carbocycles. The van der Waals surface area contributed by atoms with Crippen molar-refractivity contribution in [1.29, 1.82) is 0 Å². The number of nitrogen functional groups attached to an aromatic ring is 1. The number of pyridine rings is 1. The molecule has 0 radical (unpaired) electrons. The van der Waals surface area contributed by atoms with Crippen LogP contribution >= 0.6 is 0 Å². The van der Waals surface area contributed by atoms with Gasteiger partial charge in [-0.05, 0) is 55.7 Å². The number of hydrogen-bond acceptors (Lipinski definition) is 5. The Kier molecular flexibility index (Phi) is 6.20. The molecule has 1 amide bonds. The van der Waals surface area contributed by atoms with E-state index in [0.717, 1.165) is 29.6 Å². The van der Waals surface area contributed by atoms with Crippen molar-refractivity contribution in [2.75, 3.05) is 18.8 Å². The molecule has 0 bridgehead atoms. The number of nitrogens with one attached hydrogen (secondary N) is 1. The van der Waals surface area contributed by atoms with E-state index in [1.165, 1.54) is 11.0 Å². The minimum atomic E-state index is -4.87. The highest BCUT2D eigenvalue weighted by atomic mass is 19.4. The van der Waals surface area contributed by atoms with Gasteiger partial charge in [-0.3, -0.25) is 9.59 Å². The van der Waals surface area contributed by atoms with Crippen molar-refractivity contribution in [1.82, 2.24) is 14.9 Å². The lowest BCUT2D eigenvalue weighted by atomic mass is 9.82. The van der Waals surface area contributed by atoms with Crippen molar-refractivity contribution in [2.24, 2.45) is 5.92 Å². The molecule has 1 fully saturated rings. The second-order valence-electron chi connectivity index (χ2n) is 9.47.